The second kappa shape index (κ2) is 8.31. The second-order valence-electron chi connectivity index (χ2n) is 6.40. The van der Waals surface area contributed by atoms with E-state index in [9.17, 15) is 4.79 Å². The van der Waals surface area contributed by atoms with Crippen molar-refractivity contribution in [2.45, 2.75) is 13.0 Å². The van der Waals surface area contributed by atoms with Gasteiger partial charge >= 0.3 is 0 Å². The van der Waals surface area contributed by atoms with E-state index in [-0.39, 0.29) is 12.0 Å². The molecule has 2 aromatic rings. The monoisotopic (exact) mass is 371 g/mol. The van der Waals surface area contributed by atoms with E-state index in [2.05, 4.69) is 12.1 Å². The molecule has 6 heteroatoms. The molecule has 1 saturated heterocycles. The Bertz CT molecular complexity index is 803. The van der Waals surface area contributed by atoms with Crippen molar-refractivity contribution < 1.29 is 23.7 Å². The zero-order valence-corrected chi connectivity index (χ0v) is 16.2. The highest BCUT2D eigenvalue weighted by Gasteiger charge is 2.29. The molecule has 1 heterocycles. The van der Waals surface area contributed by atoms with E-state index in [0.29, 0.717) is 42.5 Å². The summed E-state index contributed by atoms with van der Waals surface area (Å²) in [4.78, 5) is 15.0. The Morgan fingerprint density at radius 1 is 1.00 bits per heavy atom. The topological polar surface area (TPSA) is 57.2 Å². The van der Waals surface area contributed by atoms with Gasteiger partial charge in [-0.3, -0.25) is 4.79 Å². The molecular weight excluding hydrogens is 346 g/mol. The van der Waals surface area contributed by atoms with Crippen LogP contribution in [0.5, 0.6) is 17.2 Å². The fourth-order valence-electron chi connectivity index (χ4n) is 3.26. The first kappa shape index (κ1) is 19.0. The molecule has 6 nitrogen and oxygen atoms in total. The molecule has 0 aromatic heterocycles. The van der Waals surface area contributed by atoms with E-state index in [0.717, 1.165) is 5.56 Å². The van der Waals surface area contributed by atoms with Gasteiger partial charge in [0.1, 0.15) is 6.10 Å². The van der Waals surface area contributed by atoms with Crippen LogP contribution in [0, 0.1) is 6.92 Å². The van der Waals surface area contributed by atoms with Gasteiger partial charge in [-0.25, -0.2) is 0 Å². The zero-order valence-electron chi connectivity index (χ0n) is 16.2. The molecule has 1 unspecified atom stereocenters. The number of benzene rings is 2. The van der Waals surface area contributed by atoms with E-state index in [1.54, 1.807) is 24.1 Å². The Hall–Kier alpha value is -2.73. The van der Waals surface area contributed by atoms with Gasteiger partial charge in [-0.15, -0.1) is 0 Å². The fraction of sp³-hybridized carbons (Fsp3) is 0.381. The van der Waals surface area contributed by atoms with Crippen molar-refractivity contribution in [1.82, 2.24) is 4.90 Å². The maximum Gasteiger partial charge on any atom is 0.257 e. The highest BCUT2D eigenvalue weighted by molar-refractivity contribution is 5.98. The molecule has 27 heavy (non-hydrogen) atoms. The molecule has 0 saturated carbocycles. The molecule has 144 valence electrons. The molecule has 0 N–H and O–H groups in total. The van der Waals surface area contributed by atoms with Crippen LogP contribution in [0.2, 0.25) is 0 Å². The van der Waals surface area contributed by atoms with Crippen LogP contribution >= 0.6 is 0 Å². The average molecular weight is 371 g/mol. The van der Waals surface area contributed by atoms with Crippen molar-refractivity contribution in [2.75, 3.05) is 41.0 Å². The number of aryl methyl sites for hydroxylation is 1. The quantitative estimate of drug-likeness (QED) is 0.808. The van der Waals surface area contributed by atoms with Gasteiger partial charge < -0.3 is 23.8 Å². The Morgan fingerprint density at radius 2 is 1.70 bits per heavy atom. The standard InChI is InChI=1S/C21H25NO5/c1-14-5-7-15(8-6-14)18-13-22(11-12-27-18)21(23)16-9-10-17(24-2)20(26-4)19(16)25-3/h5-10,18H,11-13H2,1-4H3. The summed E-state index contributed by atoms with van der Waals surface area (Å²) in [6.45, 7) is 3.54. The van der Waals surface area contributed by atoms with Crippen molar-refractivity contribution >= 4 is 5.91 Å². The summed E-state index contributed by atoms with van der Waals surface area (Å²) in [7, 11) is 4.59. The predicted octanol–water partition coefficient (Wildman–Crippen LogP) is 3.23. The Balaban J connectivity index is 1.86. The lowest BCUT2D eigenvalue weighted by molar-refractivity contribution is -0.0229. The molecule has 2 aromatic carbocycles. The molecule has 0 aliphatic carbocycles. The molecule has 1 amide bonds. The highest BCUT2D eigenvalue weighted by Crippen LogP contribution is 2.40. The number of ether oxygens (including phenoxy) is 4. The number of carbonyl (C=O) groups excluding carboxylic acids is 1. The largest absolute Gasteiger partial charge is 0.493 e. The average Bonchev–Trinajstić information content (AvgIpc) is 2.72. The maximum absolute atomic E-state index is 13.2. The van der Waals surface area contributed by atoms with E-state index in [4.69, 9.17) is 18.9 Å². The summed E-state index contributed by atoms with van der Waals surface area (Å²) in [6.07, 6.45) is -0.144. The van der Waals surface area contributed by atoms with Gasteiger partial charge in [-0.2, -0.15) is 0 Å². The van der Waals surface area contributed by atoms with E-state index in [1.807, 2.05) is 19.1 Å². The maximum atomic E-state index is 13.2. The number of hydrogen-bond acceptors (Lipinski definition) is 5. The molecule has 0 radical (unpaired) electrons. The minimum Gasteiger partial charge on any atom is -0.493 e. The summed E-state index contributed by atoms with van der Waals surface area (Å²) in [5, 5.41) is 0. The normalized spacial score (nSPS) is 16.7. The van der Waals surface area contributed by atoms with Crippen LogP contribution in [0.4, 0.5) is 0 Å². The van der Waals surface area contributed by atoms with Crippen LogP contribution in [0.15, 0.2) is 36.4 Å². The van der Waals surface area contributed by atoms with Crippen molar-refractivity contribution in [3.63, 3.8) is 0 Å². The summed E-state index contributed by atoms with van der Waals surface area (Å²) in [5.41, 5.74) is 2.70. The van der Waals surface area contributed by atoms with Crippen molar-refractivity contribution in [2.24, 2.45) is 0 Å². The predicted molar refractivity (Wildman–Crippen MR) is 102 cm³/mol. The Kier molecular flexibility index (Phi) is 5.86. The van der Waals surface area contributed by atoms with Crippen LogP contribution in [-0.2, 0) is 4.74 Å². The molecular formula is C21H25NO5. The summed E-state index contributed by atoms with van der Waals surface area (Å²) in [5.74, 6) is 1.19. The molecule has 1 aliphatic rings. The number of morpholine rings is 1. The first-order valence-electron chi connectivity index (χ1n) is 8.85. The molecule has 3 rings (SSSR count). The first-order chi connectivity index (χ1) is 13.1. The number of rotatable bonds is 5. The summed E-state index contributed by atoms with van der Waals surface area (Å²) >= 11 is 0. The van der Waals surface area contributed by atoms with Gasteiger partial charge in [0.05, 0.1) is 40.0 Å². The third kappa shape index (κ3) is 3.85. The molecule has 1 fully saturated rings. The van der Waals surface area contributed by atoms with Crippen molar-refractivity contribution in [3.05, 3.63) is 53.1 Å². The molecule has 0 spiro atoms. The van der Waals surface area contributed by atoms with E-state index in [1.165, 1.54) is 19.8 Å². The van der Waals surface area contributed by atoms with Crippen LogP contribution in [0.1, 0.15) is 27.6 Å². The van der Waals surface area contributed by atoms with Crippen molar-refractivity contribution in [1.29, 1.82) is 0 Å². The zero-order chi connectivity index (χ0) is 19.4. The van der Waals surface area contributed by atoms with Gasteiger partial charge in [0.25, 0.3) is 5.91 Å². The van der Waals surface area contributed by atoms with Crippen molar-refractivity contribution in [3.8, 4) is 17.2 Å². The second-order valence-corrected chi connectivity index (χ2v) is 6.40. The molecule has 1 aliphatic heterocycles. The minimum atomic E-state index is -0.144. The summed E-state index contributed by atoms with van der Waals surface area (Å²) in [6, 6.07) is 11.6. The van der Waals surface area contributed by atoms with Gasteiger partial charge in [0.2, 0.25) is 5.75 Å². The SMILES string of the molecule is COc1ccc(C(=O)N2CCOC(c3ccc(C)cc3)C2)c(OC)c1OC. The number of methoxy groups -OCH3 is 3. The lowest BCUT2D eigenvalue weighted by Gasteiger charge is -2.33. The highest BCUT2D eigenvalue weighted by atomic mass is 16.5. The number of nitrogens with zero attached hydrogens (tertiary/aromatic N) is 1. The minimum absolute atomic E-state index is 0.117. The molecule has 1 atom stereocenters. The smallest absolute Gasteiger partial charge is 0.257 e. The number of hydrogen-bond donors (Lipinski definition) is 0. The van der Waals surface area contributed by atoms with E-state index >= 15 is 0 Å². The van der Waals surface area contributed by atoms with Gasteiger partial charge in [-0.05, 0) is 24.6 Å². The van der Waals surface area contributed by atoms with Crippen LogP contribution in [-0.4, -0.2) is 51.8 Å². The lowest BCUT2D eigenvalue weighted by Crippen LogP contribution is -2.42. The Labute approximate surface area is 159 Å². The third-order valence-corrected chi connectivity index (χ3v) is 4.74. The van der Waals surface area contributed by atoms with Gasteiger partial charge in [0.15, 0.2) is 11.5 Å². The number of amides is 1. The van der Waals surface area contributed by atoms with Crippen LogP contribution in [0.3, 0.4) is 0 Å². The van der Waals surface area contributed by atoms with Crippen LogP contribution in [0.25, 0.3) is 0 Å². The number of carbonyl (C=O) groups is 1. The summed E-state index contributed by atoms with van der Waals surface area (Å²) < 4.78 is 22.0. The Morgan fingerprint density at radius 3 is 2.33 bits per heavy atom. The van der Waals surface area contributed by atoms with Gasteiger partial charge in [-0.1, -0.05) is 29.8 Å². The van der Waals surface area contributed by atoms with E-state index < -0.39 is 0 Å². The fourth-order valence-corrected chi connectivity index (χ4v) is 3.26. The first-order valence-corrected chi connectivity index (χ1v) is 8.85. The van der Waals surface area contributed by atoms with Crippen LogP contribution < -0.4 is 14.2 Å². The third-order valence-electron chi connectivity index (χ3n) is 4.74. The molecule has 0 bridgehead atoms. The van der Waals surface area contributed by atoms with Gasteiger partial charge in [0, 0.05) is 6.54 Å². The lowest BCUT2D eigenvalue weighted by atomic mass is 10.0.